The molecule has 0 atom stereocenters. The predicted molar refractivity (Wildman–Crippen MR) is 99.8 cm³/mol. The zero-order valence-corrected chi connectivity index (χ0v) is 21.2. The van der Waals surface area contributed by atoms with Crippen LogP contribution in [0.5, 0.6) is 0 Å². The van der Waals surface area contributed by atoms with Gasteiger partial charge in [-0.15, -0.1) is 11.3 Å². The fourth-order valence-corrected chi connectivity index (χ4v) is 3.64. The fourth-order valence-electron chi connectivity index (χ4n) is 1.70. The minimum absolute atomic E-state index is 0. The summed E-state index contributed by atoms with van der Waals surface area (Å²) in [6.45, 7) is 9.62. The van der Waals surface area contributed by atoms with Crippen LogP contribution in [0.25, 0.3) is 10.1 Å². The Labute approximate surface area is 180 Å². The molecule has 0 amide bonds. The summed E-state index contributed by atoms with van der Waals surface area (Å²) in [6, 6.07) is 5.27. The minimum Gasteiger partial charge on any atom is -0.542 e. The summed E-state index contributed by atoms with van der Waals surface area (Å²) in [5, 5.41) is 9.88. The van der Waals surface area contributed by atoms with Crippen molar-refractivity contribution in [1.82, 2.24) is 0 Å². The van der Waals surface area contributed by atoms with E-state index in [9.17, 15) is 4.39 Å². The van der Waals surface area contributed by atoms with Gasteiger partial charge in [0.15, 0.2) is 0 Å². The molecular formula is C18H21BrFNOSU. The van der Waals surface area contributed by atoms with Crippen molar-refractivity contribution in [2.24, 2.45) is 0 Å². The fraction of sp³-hybridized carbons (Fsp3) is 0.389. The molecule has 0 spiro atoms. The van der Waals surface area contributed by atoms with Gasteiger partial charge in [0.2, 0.25) is 0 Å². The number of halogens is 2. The van der Waals surface area contributed by atoms with Crippen LogP contribution >= 0.6 is 27.3 Å². The van der Waals surface area contributed by atoms with Crippen LogP contribution in [0.3, 0.4) is 0 Å². The van der Waals surface area contributed by atoms with Crippen LogP contribution in [0.4, 0.5) is 4.39 Å². The molecule has 0 aliphatic heterocycles. The monoisotopic (exact) mass is 635 g/mol. The van der Waals surface area contributed by atoms with Crippen molar-refractivity contribution < 1.29 is 40.3 Å². The number of fused-ring (bicyclic) bond motifs is 1. The largest absolute Gasteiger partial charge is 2.00 e. The number of aryl methyl sites for hydroxylation is 1. The molecule has 0 fully saturated rings. The number of nitriles is 1. The SMILES string of the molecule is CCCc1sc2c(F)ccc(Br)c2c1C#N.C[C-](C)C.C[C-]=O.[U+2]. The van der Waals surface area contributed by atoms with Gasteiger partial charge in [0.25, 0.3) is 0 Å². The van der Waals surface area contributed by atoms with Crippen molar-refractivity contribution >= 4 is 43.6 Å². The van der Waals surface area contributed by atoms with Gasteiger partial charge in [-0.25, -0.2) is 4.39 Å². The van der Waals surface area contributed by atoms with Gasteiger partial charge in [0, 0.05) is 14.7 Å². The van der Waals surface area contributed by atoms with E-state index >= 15 is 0 Å². The van der Waals surface area contributed by atoms with E-state index in [1.54, 1.807) is 6.07 Å². The van der Waals surface area contributed by atoms with Crippen molar-refractivity contribution in [1.29, 1.82) is 5.26 Å². The number of nitrogens with zero attached hydrogens (tertiary/aromatic N) is 1. The second kappa shape index (κ2) is 14.0. The van der Waals surface area contributed by atoms with Crippen LogP contribution in [0.2, 0.25) is 0 Å². The summed E-state index contributed by atoms with van der Waals surface area (Å²) in [6.07, 6.45) is 3.29. The third-order valence-electron chi connectivity index (χ3n) is 2.40. The van der Waals surface area contributed by atoms with E-state index in [0.29, 0.717) is 10.3 Å². The number of hydrogen-bond donors (Lipinski definition) is 0. The minimum atomic E-state index is -0.248. The van der Waals surface area contributed by atoms with Gasteiger partial charge in [-0.2, -0.15) is 33.0 Å². The van der Waals surface area contributed by atoms with Crippen LogP contribution in [0.1, 0.15) is 51.5 Å². The molecule has 0 aliphatic carbocycles. The van der Waals surface area contributed by atoms with E-state index in [2.05, 4.69) is 49.7 Å². The van der Waals surface area contributed by atoms with Crippen molar-refractivity contribution in [3.05, 3.63) is 38.8 Å². The number of carbonyl (C=O) groups excluding carboxylic acids is 1. The molecule has 6 heteroatoms. The van der Waals surface area contributed by atoms with Gasteiger partial charge in [0.1, 0.15) is 11.9 Å². The molecule has 0 aliphatic rings. The Morgan fingerprint density at radius 1 is 1.38 bits per heavy atom. The Hall–Kier alpha value is -0.198. The normalized spacial score (nSPS) is 9.12. The molecular weight excluding hydrogens is 615 g/mol. The maximum atomic E-state index is 13.6. The molecule has 0 unspecified atom stereocenters. The average Bonchev–Trinajstić information content (AvgIpc) is 2.83. The van der Waals surface area contributed by atoms with Gasteiger partial charge in [0.05, 0.1) is 10.3 Å². The second-order valence-corrected chi connectivity index (χ2v) is 7.16. The maximum Gasteiger partial charge on any atom is 2.00 e. The summed E-state index contributed by atoms with van der Waals surface area (Å²) < 4.78 is 15.0. The molecule has 24 heavy (non-hydrogen) atoms. The summed E-state index contributed by atoms with van der Waals surface area (Å²) >= 11 is 4.76. The molecule has 128 valence electrons. The molecule has 0 N–H and O–H groups in total. The first-order valence-electron chi connectivity index (χ1n) is 7.19. The number of benzene rings is 1. The Kier molecular flexibility index (Phi) is 15.2. The van der Waals surface area contributed by atoms with Gasteiger partial charge >= 0.3 is 31.1 Å². The van der Waals surface area contributed by atoms with Crippen LogP contribution in [0.15, 0.2) is 16.6 Å². The Balaban J connectivity index is 0. The van der Waals surface area contributed by atoms with E-state index in [0.717, 1.165) is 27.6 Å². The molecule has 0 radical (unpaired) electrons. The molecule has 1 aromatic heterocycles. The van der Waals surface area contributed by atoms with E-state index in [1.807, 2.05) is 0 Å². The third kappa shape index (κ3) is 8.26. The zero-order chi connectivity index (χ0) is 18.0. The van der Waals surface area contributed by atoms with Crippen LogP contribution < -0.4 is 0 Å². The molecule has 1 heterocycles. The summed E-state index contributed by atoms with van der Waals surface area (Å²) in [4.78, 5) is 9.66. The first-order valence-corrected chi connectivity index (χ1v) is 8.79. The van der Waals surface area contributed by atoms with E-state index in [-0.39, 0.29) is 36.9 Å². The zero-order valence-electron chi connectivity index (χ0n) is 14.6. The topological polar surface area (TPSA) is 40.9 Å². The van der Waals surface area contributed by atoms with Crippen molar-refractivity contribution in [3.8, 4) is 6.07 Å². The van der Waals surface area contributed by atoms with Crippen LogP contribution in [0, 0.1) is 54.2 Å². The molecule has 0 saturated heterocycles. The predicted octanol–water partition coefficient (Wildman–Crippen LogP) is 6.36. The smallest absolute Gasteiger partial charge is 0.542 e. The second-order valence-electron chi connectivity index (χ2n) is 5.20. The molecule has 1 aromatic carbocycles. The Bertz CT molecular complexity index is 677. The molecule has 2 rings (SSSR count). The average molecular weight is 636 g/mol. The van der Waals surface area contributed by atoms with Crippen molar-refractivity contribution in [2.45, 2.75) is 47.5 Å². The molecule has 2 aromatic rings. The maximum absolute atomic E-state index is 13.6. The summed E-state index contributed by atoms with van der Waals surface area (Å²) in [7, 11) is 0. The molecule has 0 bridgehead atoms. The number of hydrogen-bond acceptors (Lipinski definition) is 3. The molecule has 0 saturated carbocycles. The summed E-state index contributed by atoms with van der Waals surface area (Å²) in [5.41, 5.74) is 0.619. The Morgan fingerprint density at radius 2 is 1.88 bits per heavy atom. The van der Waals surface area contributed by atoms with Crippen molar-refractivity contribution in [3.63, 3.8) is 0 Å². The number of rotatable bonds is 2. The number of thiophene rings is 1. The quantitative estimate of drug-likeness (QED) is 0.360. The third-order valence-corrected chi connectivity index (χ3v) is 4.32. The Morgan fingerprint density at radius 3 is 2.29 bits per heavy atom. The molecule has 2 nitrogen and oxygen atoms in total. The van der Waals surface area contributed by atoms with E-state index < -0.39 is 0 Å². The summed E-state index contributed by atoms with van der Waals surface area (Å²) in [5.74, 6) is 1.17. The van der Waals surface area contributed by atoms with Gasteiger partial charge in [-0.05, 0) is 18.6 Å². The van der Waals surface area contributed by atoms with E-state index in [4.69, 9.17) is 10.1 Å². The van der Waals surface area contributed by atoms with Crippen LogP contribution in [-0.4, -0.2) is 6.29 Å². The van der Waals surface area contributed by atoms with Gasteiger partial charge in [-0.1, -0.05) is 29.3 Å². The van der Waals surface area contributed by atoms with E-state index in [1.165, 1.54) is 36.5 Å². The van der Waals surface area contributed by atoms with Crippen LogP contribution in [-0.2, 0) is 11.2 Å². The van der Waals surface area contributed by atoms with Gasteiger partial charge in [-0.3, -0.25) is 6.29 Å². The van der Waals surface area contributed by atoms with Gasteiger partial charge < -0.3 is 10.7 Å². The van der Waals surface area contributed by atoms with Crippen molar-refractivity contribution in [2.75, 3.05) is 0 Å². The standard InChI is InChI=1S/C12H9BrFNS.C4H9.C2H3O.U/c1-2-3-10-7(6-15)11-8(13)4-5-9(14)12(11)16-10;1-4(2)3;1-2-3;/h4-5H,2-3H2,1H3;1-3H3;1H3;/q;2*-1;+2. The first kappa shape index (κ1) is 26.0. The first-order chi connectivity index (χ1) is 10.8.